The third-order valence-electron chi connectivity index (χ3n) is 4.57. The van der Waals surface area contributed by atoms with E-state index in [-0.39, 0.29) is 62.4 Å². The molecule has 0 heterocycles. The third kappa shape index (κ3) is 4.85. The molecule has 3 aromatic rings. The highest BCUT2D eigenvalue weighted by Crippen LogP contribution is 2.43. The lowest BCUT2D eigenvalue weighted by atomic mass is 9.86. The molecule has 0 aliphatic carbocycles. The van der Waals surface area contributed by atoms with E-state index in [1.54, 1.807) is 60.6 Å². The summed E-state index contributed by atoms with van der Waals surface area (Å²) < 4.78 is 70.7. The highest BCUT2D eigenvalue weighted by Gasteiger charge is 2.21. The quantitative estimate of drug-likeness (QED) is 0.386. The SMILES string of the molecule is [2H]c1c([2H])c(C(C)(C)C)c([2H])c([2H])c1N(c1cc(C)cc(Cl)c1Cl)c1c([2H])c([2H])c(C(C)(C)C)c([2H])c1[2H]. The molecule has 3 rings (SSSR count). The van der Waals surface area contributed by atoms with E-state index in [0.717, 1.165) is 0 Å². The molecule has 0 bridgehead atoms. The van der Waals surface area contributed by atoms with Gasteiger partial charge in [-0.25, -0.2) is 0 Å². The predicted molar refractivity (Wildman–Crippen MR) is 133 cm³/mol. The molecular formula is C27H31Cl2N. The van der Waals surface area contributed by atoms with Crippen LogP contribution in [0, 0.1) is 6.92 Å². The second-order valence-corrected chi connectivity index (χ2v) is 10.1. The maximum Gasteiger partial charge on any atom is 0.0832 e. The van der Waals surface area contributed by atoms with Gasteiger partial charge in [-0.05, 0) is 70.7 Å². The first kappa shape index (κ1) is 14.2. The minimum absolute atomic E-state index is 0.00536. The van der Waals surface area contributed by atoms with Gasteiger partial charge >= 0.3 is 0 Å². The molecule has 0 saturated carbocycles. The van der Waals surface area contributed by atoms with E-state index >= 15 is 0 Å². The van der Waals surface area contributed by atoms with Gasteiger partial charge in [0.1, 0.15) is 0 Å². The van der Waals surface area contributed by atoms with Crippen molar-refractivity contribution in [2.75, 3.05) is 4.90 Å². The summed E-state index contributed by atoms with van der Waals surface area (Å²) in [4.78, 5) is 1.18. The van der Waals surface area contributed by atoms with Crippen LogP contribution >= 0.6 is 23.2 Å². The van der Waals surface area contributed by atoms with Crippen LogP contribution in [0.5, 0.6) is 0 Å². The molecule has 0 aliphatic heterocycles. The van der Waals surface area contributed by atoms with Gasteiger partial charge in [0.2, 0.25) is 0 Å². The van der Waals surface area contributed by atoms with Gasteiger partial charge in [-0.2, -0.15) is 0 Å². The molecule has 30 heavy (non-hydrogen) atoms. The van der Waals surface area contributed by atoms with Crippen LogP contribution in [-0.2, 0) is 10.8 Å². The van der Waals surface area contributed by atoms with Crippen LogP contribution in [0.15, 0.2) is 60.5 Å². The summed E-state index contributed by atoms with van der Waals surface area (Å²) in [5.74, 6) is 0. The predicted octanol–water partition coefficient (Wildman–Crippen LogP) is 9.37. The van der Waals surface area contributed by atoms with Crippen molar-refractivity contribution >= 4 is 40.3 Å². The van der Waals surface area contributed by atoms with E-state index in [1.807, 2.05) is 0 Å². The van der Waals surface area contributed by atoms with Gasteiger partial charge in [-0.1, -0.05) is 88.9 Å². The Labute approximate surface area is 202 Å². The number of nitrogens with zero attached hydrogens (tertiary/aromatic N) is 1. The molecule has 3 aromatic carbocycles. The fraction of sp³-hybridized carbons (Fsp3) is 0.333. The number of rotatable bonds is 3. The molecule has 0 aliphatic rings. The Morgan fingerprint density at radius 1 is 0.700 bits per heavy atom. The summed E-state index contributed by atoms with van der Waals surface area (Å²) in [5.41, 5.74) is -0.703. The van der Waals surface area contributed by atoms with E-state index in [9.17, 15) is 0 Å². The molecule has 0 spiro atoms. The first-order valence-electron chi connectivity index (χ1n) is 13.7. The van der Waals surface area contributed by atoms with Gasteiger partial charge in [0.05, 0.1) is 26.7 Å². The maximum atomic E-state index is 8.93. The lowest BCUT2D eigenvalue weighted by molar-refractivity contribution is 0.590. The zero-order valence-electron chi connectivity index (χ0n) is 26.4. The highest BCUT2D eigenvalue weighted by molar-refractivity contribution is 6.44. The minimum Gasteiger partial charge on any atom is -0.309 e. The second kappa shape index (κ2) is 8.29. The zero-order chi connectivity index (χ0) is 29.2. The molecule has 3 heteroatoms. The van der Waals surface area contributed by atoms with Crippen LogP contribution in [0.25, 0.3) is 0 Å². The van der Waals surface area contributed by atoms with Crippen molar-refractivity contribution in [3.63, 3.8) is 0 Å². The van der Waals surface area contributed by atoms with Crippen molar-refractivity contribution in [1.82, 2.24) is 0 Å². The Balaban J connectivity index is 2.63. The van der Waals surface area contributed by atoms with Crippen molar-refractivity contribution in [2.24, 2.45) is 0 Å². The van der Waals surface area contributed by atoms with Crippen LogP contribution < -0.4 is 4.90 Å². The largest absolute Gasteiger partial charge is 0.309 e. The molecular weight excluding hydrogens is 409 g/mol. The summed E-state index contributed by atoms with van der Waals surface area (Å²) >= 11 is 13.0. The fourth-order valence-electron chi connectivity index (χ4n) is 2.81. The molecule has 0 amide bonds. The number of anilines is 3. The Morgan fingerprint density at radius 3 is 1.47 bits per heavy atom. The third-order valence-corrected chi connectivity index (χ3v) is 5.36. The summed E-state index contributed by atoms with van der Waals surface area (Å²) in [5, 5.41) is 0.153. The number of hydrogen-bond donors (Lipinski definition) is 0. The van der Waals surface area contributed by atoms with E-state index < -0.39 is 35.0 Å². The minimum atomic E-state index is -0.703. The average molecular weight is 449 g/mol. The number of halogens is 2. The standard InChI is InChI=1S/C27H31Cl2N/c1-18-16-23(28)25(29)24(17-18)30(21-12-8-19(9-13-21)26(2,3)4)22-14-10-20(11-15-22)27(5,6)7/h8-17H,1-7H3/i8D,9D,10D,11D,12D,13D,14D,15D. The molecule has 0 atom stereocenters. The van der Waals surface area contributed by atoms with E-state index in [0.29, 0.717) is 5.56 Å². The lowest BCUT2D eigenvalue weighted by Crippen LogP contribution is -2.14. The molecule has 158 valence electrons. The number of hydrogen-bond acceptors (Lipinski definition) is 1. The van der Waals surface area contributed by atoms with Gasteiger partial charge in [0, 0.05) is 11.4 Å². The molecule has 0 aromatic heterocycles. The summed E-state index contributed by atoms with van der Waals surface area (Å²) in [6.45, 7) is 12.5. The van der Waals surface area contributed by atoms with Crippen molar-refractivity contribution in [3.8, 4) is 0 Å². The van der Waals surface area contributed by atoms with E-state index in [4.69, 9.17) is 34.2 Å². The molecule has 0 fully saturated rings. The molecule has 0 saturated heterocycles. The van der Waals surface area contributed by atoms with Crippen LogP contribution in [0.2, 0.25) is 10.0 Å². The Bertz CT molecular complexity index is 1320. The summed E-state index contributed by atoms with van der Waals surface area (Å²) in [6, 6.07) is 0.531. The van der Waals surface area contributed by atoms with Crippen LogP contribution in [-0.4, -0.2) is 0 Å². The normalized spacial score (nSPS) is 15.9. The summed E-state index contributed by atoms with van der Waals surface area (Å²) in [6.07, 6.45) is 0. The van der Waals surface area contributed by atoms with E-state index in [1.165, 1.54) is 4.90 Å². The van der Waals surface area contributed by atoms with Crippen LogP contribution in [0.4, 0.5) is 17.1 Å². The van der Waals surface area contributed by atoms with E-state index in [2.05, 4.69) is 0 Å². The smallest absolute Gasteiger partial charge is 0.0832 e. The molecule has 0 N–H and O–H groups in total. The first-order valence-corrected chi connectivity index (χ1v) is 10.5. The maximum absolute atomic E-state index is 8.93. The lowest BCUT2D eigenvalue weighted by Gasteiger charge is -2.29. The number of benzene rings is 3. The zero-order valence-corrected chi connectivity index (χ0v) is 19.9. The Kier molecular flexibility index (Phi) is 3.91. The highest BCUT2D eigenvalue weighted by atomic mass is 35.5. The van der Waals surface area contributed by atoms with Crippen molar-refractivity contribution in [1.29, 1.82) is 0 Å². The molecule has 0 unspecified atom stereocenters. The Hall–Kier alpha value is -1.96. The van der Waals surface area contributed by atoms with Crippen LogP contribution in [0.3, 0.4) is 0 Å². The van der Waals surface area contributed by atoms with Gasteiger partial charge < -0.3 is 4.90 Å². The topological polar surface area (TPSA) is 3.24 Å². The van der Waals surface area contributed by atoms with Gasteiger partial charge in [-0.15, -0.1) is 0 Å². The monoisotopic (exact) mass is 447 g/mol. The first-order chi connectivity index (χ1) is 17.2. The van der Waals surface area contributed by atoms with Gasteiger partial charge in [0.15, 0.2) is 0 Å². The fourth-order valence-corrected chi connectivity index (χ4v) is 3.27. The average Bonchev–Trinajstić information content (AvgIpc) is 2.76. The Morgan fingerprint density at radius 2 is 1.10 bits per heavy atom. The van der Waals surface area contributed by atoms with Gasteiger partial charge in [0.25, 0.3) is 0 Å². The van der Waals surface area contributed by atoms with Crippen molar-refractivity contribution in [3.05, 3.63) is 87.2 Å². The van der Waals surface area contributed by atoms with Crippen molar-refractivity contribution < 1.29 is 11.0 Å². The second-order valence-electron chi connectivity index (χ2n) is 9.36. The number of aryl methyl sites for hydroxylation is 1. The summed E-state index contributed by atoms with van der Waals surface area (Å²) in [7, 11) is 0. The molecule has 1 nitrogen and oxygen atoms in total. The van der Waals surface area contributed by atoms with Crippen LogP contribution in [0.1, 0.15) is 69.2 Å². The van der Waals surface area contributed by atoms with Gasteiger partial charge in [-0.3, -0.25) is 0 Å². The van der Waals surface area contributed by atoms with Crippen molar-refractivity contribution in [2.45, 2.75) is 59.3 Å². The molecule has 0 radical (unpaired) electrons.